The standard InChI is InChI=1S/C26H26N4O3S/c1-33-26(32)22-16-8-3-2-4-11-20(16)34-25(22)30-18-9-5-10-19(31)23(18)21(17(13-27)24(30)28)15-7-6-12-29-14-15/h6-7,12,14,21H,2-5,8-11,28H2,1H3/t21-/m0/s1. The highest BCUT2D eigenvalue weighted by Gasteiger charge is 2.42. The van der Waals surface area contributed by atoms with Crippen LogP contribution in [0, 0.1) is 11.3 Å². The Kier molecular flexibility index (Phi) is 5.96. The van der Waals surface area contributed by atoms with E-state index in [-0.39, 0.29) is 11.6 Å². The number of fused-ring (bicyclic) bond motifs is 1. The second kappa shape index (κ2) is 9.07. The number of methoxy groups -OCH3 is 1. The first-order chi connectivity index (χ1) is 16.6. The van der Waals surface area contributed by atoms with Crippen LogP contribution in [-0.4, -0.2) is 23.8 Å². The van der Waals surface area contributed by atoms with Crippen LogP contribution in [0.3, 0.4) is 0 Å². The summed E-state index contributed by atoms with van der Waals surface area (Å²) >= 11 is 1.54. The number of thiophene rings is 1. The fraction of sp³-hybridized carbons (Fsp3) is 0.385. The minimum absolute atomic E-state index is 0.0121. The number of carbonyl (C=O) groups excluding carboxylic acids is 2. The first-order valence-electron chi connectivity index (χ1n) is 11.7. The molecule has 0 saturated carbocycles. The maximum atomic E-state index is 13.3. The Morgan fingerprint density at radius 3 is 2.79 bits per heavy atom. The summed E-state index contributed by atoms with van der Waals surface area (Å²) in [5.41, 5.74) is 10.7. The number of Topliss-reactive ketones (excluding diaryl/α,β-unsaturated/α-hetero) is 1. The first-order valence-corrected chi connectivity index (χ1v) is 12.5. The summed E-state index contributed by atoms with van der Waals surface area (Å²) in [4.78, 5) is 33.5. The Hall–Kier alpha value is -3.44. The van der Waals surface area contributed by atoms with Gasteiger partial charge in [-0.3, -0.25) is 14.7 Å². The number of pyridine rings is 1. The maximum Gasteiger partial charge on any atom is 0.341 e. The maximum absolute atomic E-state index is 13.3. The van der Waals surface area contributed by atoms with Crippen LogP contribution in [0.2, 0.25) is 0 Å². The number of rotatable bonds is 3. The Bertz CT molecular complexity index is 1270. The normalized spacial score (nSPS) is 20.4. The topological polar surface area (TPSA) is 109 Å². The molecule has 0 amide bonds. The summed E-state index contributed by atoms with van der Waals surface area (Å²) in [6, 6.07) is 5.95. The second-order valence-electron chi connectivity index (χ2n) is 8.84. The molecule has 0 saturated heterocycles. The fourth-order valence-corrected chi connectivity index (χ4v) is 6.81. The monoisotopic (exact) mass is 474 g/mol. The van der Waals surface area contributed by atoms with E-state index < -0.39 is 11.9 Å². The molecule has 1 atom stereocenters. The molecule has 0 radical (unpaired) electrons. The molecule has 8 heteroatoms. The zero-order valence-corrected chi connectivity index (χ0v) is 19.9. The van der Waals surface area contributed by atoms with Gasteiger partial charge in [0, 0.05) is 35.0 Å². The first kappa shape index (κ1) is 22.4. The highest BCUT2D eigenvalue weighted by molar-refractivity contribution is 7.16. The molecule has 2 aromatic rings. The number of nitriles is 1. The number of allylic oxidation sites excluding steroid dienone is 3. The van der Waals surface area contributed by atoms with Crippen LogP contribution in [0.5, 0.6) is 0 Å². The number of aromatic nitrogens is 1. The molecule has 0 unspecified atom stereocenters. The van der Waals surface area contributed by atoms with Gasteiger partial charge in [0.2, 0.25) is 0 Å². The zero-order valence-electron chi connectivity index (χ0n) is 19.1. The van der Waals surface area contributed by atoms with Crippen molar-refractivity contribution >= 4 is 28.1 Å². The van der Waals surface area contributed by atoms with E-state index in [1.807, 2.05) is 11.0 Å². The molecule has 0 bridgehead atoms. The van der Waals surface area contributed by atoms with Crippen LogP contribution < -0.4 is 10.6 Å². The van der Waals surface area contributed by atoms with Crippen molar-refractivity contribution < 1.29 is 14.3 Å². The van der Waals surface area contributed by atoms with E-state index in [1.165, 1.54) is 18.4 Å². The van der Waals surface area contributed by atoms with Crippen molar-refractivity contribution in [3.8, 4) is 6.07 Å². The van der Waals surface area contributed by atoms with Gasteiger partial charge in [0.05, 0.1) is 30.2 Å². The SMILES string of the molecule is COC(=O)c1c(N2C(N)=C(C#N)[C@H](c3cccnc3)C3=C2CCCC3=O)sc2c1CCCCC2. The summed E-state index contributed by atoms with van der Waals surface area (Å²) in [6.45, 7) is 0. The molecule has 3 aliphatic rings. The second-order valence-corrected chi connectivity index (χ2v) is 9.92. The number of ether oxygens (including phenoxy) is 1. The average molecular weight is 475 g/mol. The smallest absolute Gasteiger partial charge is 0.341 e. The van der Waals surface area contributed by atoms with Crippen molar-refractivity contribution in [1.82, 2.24) is 4.98 Å². The minimum atomic E-state index is -0.558. The molecule has 0 aromatic carbocycles. The molecule has 2 aromatic heterocycles. The van der Waals surface area contributed by atoms with E-state index in [2.05, 4.69) is 11.1 Å². The highest BCUT2D eigenvalue weighted by Crippen LogP contribution is 2.50. The van der Waals surface area contributed by atoms with Gasteiger partial charge in [0.15, 0.2) is 5.78 Å². The number of ketones is 1. The molecular weight excluding hydrogens is 448 g/mol. The highest BCUT2D eigenvalue weighted by atomic mass is 32.1. The predicted molar refractivity (Wildman–Crippen MR) is 129 cm³/mol. The molecule has 1 aliphatic heterocycles. The lowest BCUT2D eigenvalue weighted by Crippen LogP contribution is -2.39. The molecule has 2 N–H and O–H groups in total. The Labute approximate surface area is 202 Å². The average Bonchev–Trinajstić information content (AvgIpc) is 3.04. The number of esters is 1. The molecule has 174 valence electrons. The summed E-state index contributed by atoms with van der Waals surface area (Å²) in [6.07, 6.45) is 10.0. The van der Waals surface area contributed by atoms with Gasteiger partial charge in [0.1, 0.15) is 10.8 Å². The van der Waals surface area contributed by atoms with E-state index in [9.17, 15) is 14.9 Å². The van der Waals surface area contributed by atoms with Gasteiger partial charge in [-0.1, -0.05) is 12.5 Å². The van der Waals surface area contributed by atoms with Crippen molar-refractivity contribution in [2.24, 2.45) is 5.73 Å². The number of nitrogens with zero attached hydrogens (tertiary/aromatic N) is 3. The van der Waals surface area contributed by atoms with Gasteiger partial charge in [-0.05, 0) is 55.7 Å². The Morgan fingerprint density at radius 1 is 1.24 bits per heavy atom. The third-order valence-electron chi connectivity index (χ3n) is 6.93. The van der Waals surface area contributed by atoms with Gasteiger partial charge in [-0.2, -0.15) is 5.26 Å². The summed E-state index contributed by atoms with van der Waals surface area (Å²) in [5, 5.41) is 10.9. The molecule has 34 heavy (non-hydrogen) atoms. The van der Waals surface area contributed by atoms with E-state index in [0.717, 1.165) is 53.8 Å². The molecule has 0 fully saturated rings. The zero-order chi connectivity index (χ0) is 23.8. The summed E-state index contributed by atoms with van der Waals surface area (Å²) in [5.74, 6) is -0.680. The Balaban J connectivity index is 1.77. The van der Waals surface area contributed by atoms with Crippen molar-refractivity contribution in [3.63, 3.8) is 0 Å². The quantitative estimate of drug-likeness (QED) is 0.515. The minimum Gasteiger partial charge on any atom is -0.465 e. The van der Waals surface area contributed by atoms with Gasteiger partial charge in [-0.25, -0.2) is 4.79 Å². The molecule has 3 heterocycles. The molecular formula is C26H26N4O3S. The number of carbonyl (C=O) groups is 2. The molecule has 2 aliphatic carbocycles. The molecule has 5 rings (SSSR count). The van der Waals surface area contributed by atoms with Crippen LogP contribution in [0.15, 0.2) is 47.2 Å². The Morgan fingerprint density at radius 2 is 2.06 bits per heavy atom. The number of hydrogen-bond acceptors (Lipinski definition) is 8. The van der Waals surface area contributed by atoms with Crippen molar-refractivity contribution in [1.29, 1.82) is 5.26 Å². The van der Waals surface area contributed by atoms with E-state index in [0.29, 0.717) is 41.0 Å². The van der Waals surface area contributed by atoms with E-state index in [4.69, 9.17) is 10.5 Å². The van der Waals surface area contributed by atoms with Crippen LogP contribution >= 0.6 is 11.3 Å². The van der Waals surface area contributed by atoms with Crippen molar-refractivity contribution in [2.75, 3.05) is 12.0 Å². The molecule has 0 spiro atoms. The van der Waals surface area contributed by atoms with Gasteiger partial charge in [0.25, 0.3) is 0 Å². The lowest BCUT2D eigenvalue weighted by molar-refractivity contribution is -0.116. The third kappa shape index (κ3) is 3.51. The summed E-state index contributed by atoms with van der Waals surface area (Å²) < 4.78 is 5.20. The number of hydrogen-bond donors (Lipinski definition) is 1. The van der Waals surface area contributed by atoms with Crippen molar-refractivity contribution in [3.05, 3.63) is 68.8 Å². The van der Waals surface area contributed by atoms with E-state index >= 15 is 0 Å². The van der Waals surface area contributed by atoms with Gasteiger partial charge < -0.3 is 10.5 Å². The number of anilines is 1. The summed E-state index contributed by atoms with van der Waals surface area (Å²) in [7, 11) is 1.39. The van der Waals surface area contributed by atoms with Gasteiger partial charge >= 0.3 is 5.97 Å². The number of nitrogens with two attached hydrogens (primary N) is 1. The van der Waals surface area contributed by atoms with Gasteiger partial charge in [-0.15, -0.1) is 11.3 Å². The van der Waals surface area contributed by atoms with E-state index in [1.54, 1.807) is 18.5 Å². The van der Waals surface area contributed by atoms with Crippen LogP contribution in [0.25, 0.3) is 0 Å². The lowest BCUT2D eigenvalue weighted by atomic mass is 9.76. The van der Waals surface area contributed by atoms with Crippen molar-refractivity contribution in [2.45, 2.75) is 57.3 Å². The van der Waals surface area contributed by atoms with Crippen LogP contribution in [-0.2, 0) is 22.4 Å². The largest absolute Gasteiger partial charge is 0.465 e. The fourth-order valence-electron chi connectivity index (χ4n) is 5.40. The number of aryl methyl sites for hydroxylation is 1. The third-order valence-corrected chi connectivity index (χ3v) is 8.20. The lowest BCUT2D eigenvalue weighted by Gasteiger charge is -2.39. The van der Waals surface area contributed by atoms with Crippen LogP contribution in [0.4, 0.5) is 5.00 Å². The predicted octanol–water partition coefficient (Wildman–Crippen LogP) is 4.50. The molecule has 7 nitrogen and oxygen atoms in total. The van der Waals surface area contributed by atoms with Crippen LogP contribution in [0.1, 0.15) is 70.8 Å².